The highest BCUT2D eigenvalue weighted by Crippen LogP contribution is 2.09. The van der Waals surface area contributed by atoms with Crippen LogP contribution in [-0.4, -0.2) is 46.2 Å². The van der Waals surface area contributed by atoms with Gasteiger partial charge in [-0.3, -0.25) is 9.59 Å². The number of carboxylic acids is 2. The topological polar surface area (TPSA) is 139 Å². The zero-order valence-corrected chi connectivity index (χ0v) is 11.0. The van der Waals surface area contributed by atoms with Crippen LogP contribution in [0.4, 0.5) is 0 Å². The number of sulfonamides is 1. The lowest BCUT2D eigenvalue weighted by Crippen LogP contribution is -2.42. The van der Waals surface area contributed by atoms with E-state index >= 15 is 0 Å². The molecule has 0 bridgehead atoms. The molecule has 9 nitrogen and oxygen atoms in total. The molecule has 0 amide bonds. The molecule has 19 heavy (non-hydrogen) atoms. The fourth-order valence-electron chi connectivity index (χ4n) is 1.26. The highest BCUT2D eigenvalue weighted by atomic mass is 32.2. The van der Waals surface area contributed by atoms with Crippen molar-refractivity contribution in [2.45, 2.75) is 24.4 Å². The van der Waals surface area contributed by atoms with Crippen LogP contribution in [0.3, 0.4) is 0 Å². The van der Waals surface area contributed by atoms with Gasteiger partial charge in [-0.15, -0.1) is 0 Å². The number of nitrogens with one attached hydrogen (secondary N) is 1. The van der Waals surface area contributed by atoms with Crippen LogP contribution < -0.4 is 4.72 Å². The van der Waals surface area contributed by atoms with Gasteiger partial charge in [0.15, 0.2) is 5.03 Å². The summed E-state index contributed by atoms with van der Waals surface area (Å²) in [6, 6.07) is -1.75. The summed E-state index contributed by atoms with van der Waals surface area (Å²) in [5.41, 5.74) is 0. The molecule has 0 saturated carbocycles. The molecular weight excluding hydrogens is 278 g/mol. The van der Waals surface area contributed by atoms with Gasteiger partial charge in [0.25, 0.3) is 10.0 Å². The van der Waals surface area contributed by atoms with Gasteiger partial charge in [-0.1, -0.05) is 0 Å². The predicted octanol–water partition coefficient (Wildman–Crippen LogP) is -1.07. The van der Waals surface area contributed by atoms with Crippen LogP contribution in [0.1, 0.15) is 12.2 Å². The molecule has 1 atom stereocenters. The predicted molar refractivity (Wildman–Crippen MR) is 61.9 cm³/mol. The Kier molecular flexibility index (Phi) is 4.27. The van der Waals surface area contributed by atoms with Crippen LogP contribution in [0, 0.1) is 6.92 Å². The van der Waals surface area contributed by atoms with Gasteiger partial charge in [0.05, 0.1) is 6.42 Å². The summed E-state index contributed by atoms with van der Waals surface area (Å²) in [6.07, 6.45) is 0.345. The molecule has 0 aromatic carbocycles. The summed E-state index contributed by atoms with van der Waals surface area (Å²) >= 11 is 0. The van der Waals surface area contributed by atoms with Gasteiger partial charge in [0.2, 0.25) is 0 Å². The Hall–Kier alpha value is -1.94. The second-order valence-electron chi connectivity index (χ2n) is 3.85. The van der Waals surface area contributed by atoms with Crippen LogP contribution in [0.5, 0.6) is 0 Å². The van der Waals surface area contributed by atoms with Crippen LogP contribution in [-0.2, 0) is 26.7 Å². The first kappa shape index (κ1) is 15.1. The third-order valence-corrected chi connectivity index (χ3v) is 3.68. The quantitative estimate of drug-likeness (QED) is 0.606. The second-order valence-corrected chi connectivity index (χ2v) is 5.51. The normalized spacial score (nSPS) is 13.2. The minimum atomic E-state index is -4.18. The van der Waals surface area contributed by atoms with E-state index in [2.05, 4.69) is 4.98 Å². The number of nitrogens with zero attached hydrogens (tertiary/aromatic N) is 2. The van der Waals surface area contributed by atoms with Gasteiger partial charge in [-0.2, -0.15) is 4.72 Å². The Morgan fingerprint density at radius 2 is 2.05 bits per heavy atom. The fraction of sp³-hybridized carbons (Fsp3) is 0.444. The van der Waals surface area contributed by atoms with E-state index in [0.29, 0.717) is 5.82 Å². The minimum absolute atomic E-state index is 0.357. The number of aliphatic carboxylic acids is 2. The standard InChI is InChI=1S/C9H13N3O6S/c1-5-10-7(4-12(5)2)19(17,18)11-6(9(15)16)3-8(13)14/h4,6,11H,3H2,1-2H3,(H,13,14)(H,15,16). The summed E-state index contributed by atoms with van der Waals surface area (Å²) in [5.74, 6) is -2.57. The summed E-state index contributed by atoms with van der Waals surface area (Å²) in [5, 5.41) is 16.9. The molecule has 1 unspecified atom stereocenters. The van der Waals surface area contributed by atoms with Crippen molar-refractivity contribution in [3.8, 4) is 0 Å². The molecule has 0 aliphatic rings. The van der Waals surface area contributed by atoms with Crippen molar-refractivity contribution in [1.82, 2.24) is 14.3 Å². The minimum Gasteiger partial charge on any atom is -0.481 e. The number of aromatic nitrogens is 2. The summed E-state index contributed by atoms with van der Waals surface area (Å²) in [4.78, 5) is 25.0. The monoisotopic (exact) mass is 291 g/mol. The third kappa shape index (κ3) is 3.76. The van der Waals surface area contributed by atoms with Gasteiger partial charge >= 0.3 is 11.9 Å². The first-order valence-corrected chi connectivity index (χ1v) is 6.58. The molecule has 3 N–H and O–H groups in total. The van der Waals surface area contributed by atoms with Gasteiger partial charge in [0.1, 0.15) is 11.9 Å². The van der Waals surface area contributed by atoms with Crippen LogP contribution in [0.25, 0.3) is 0 Å². The van der Waals surface area contributed by atoms with Crippen LogP contribution >= 0.6 is 0 Å². The molecule has 0 aliphatic heterocycles. The molecule has 0 saturated heterocycles. The lowest BCUT2D eigenvalue weighted by Gasteiger charge is -2.11. The lowest BCUT2D eigenvalue weighted by molar-refractivity contribution is -0.145. The highest BCUT2D eigenvalue weighted by molar-refractivity contribution is 7.89. The Bertz CT molecular complexity index is 586. The maximum atomic E-state index is 11.9. The van der Waals surface area contributed by atoms with Gasteiger partial charge in [-0.05, 0) is 6.92 Å². The van der Waals surface area contributed by atoms with E-state index in [1.165, 1.54) is 10.8 Å². The van der Waals surface area contributed by atoms with Crippen molar-refractivity contribution in [1.29, 1.82) is 0 Å². The molecule has 0 radical (unpaired) electrons. The summed E-state index contributed by atoms with van der Waals surface area (Å²) in [6.45, 7) is 1.57. The van der Waals surface area contributed by atoms with Crippen LogP contribution in [0.2, 0.25) is 0 Å². The highest BCUT2D eigenvalue weighted by Gasteiger charge is 2.29. The van der Waals surface area contributed by atoms with E-state index in [9.17, 15) is 18.0 Å². The van der Waals surface area contributed by atoms with E-state index in [4.69, 9.17) is 10.2 Å². The van der Waals surface area contributed by atoms with E-state index in [1.54, 1.807) is 18.7 Å². The molecule has 1 aromatic rings. The molecule has 0 aliphatic carbocycles. The Balaban J connectivity index is 3.00. The van der Waals surface area contributed by atoms with Crippen molar-refractivity contribution >= 4 is 22.0 Å². The molecule has 1 aromatic heterocycles. The molecular formula is C9H13N3O6S. The van der Waals surface area contributed by atoms with Gasteiger partial charge < -0.3 is 14.8 Å². The number of imidazole rings is 1. The molecule has 1 heterocycles. The number of hydrogen-bond acceptors (Lipinski definition) is 5. The van der Waals surface area contributed by atoms with E-state index in [0.717, 1.165) is 0 Å². The van der Waals surface area contributed by atoms with Gasteiger partial charge in [0, 0.05) is 13.2 Å². The SMILES string of the molecule is Cc1nc(S(=O)(=O)NC(CC(=O)O)C(=O)O)cn1C. The zero-order valence-electron chi connectivity index (χ0n) is 10.2. The van der Waals surface area contributed by atoms with Gasteiger partial charge in [-0.25, -0.2) is 13.4 Å². The number of carbonyl (C=O) groups is 2. The van der Waals surface area contributed by atoms with Crippen molar-refractivity contribution in [3.63, 3.8) is 0 Å². The van der Waals surface area contributed by atoms with Crippen molar-refractivity contribution < 1.29 is 28.2 Å². The molecule has 106 valence electrons. The van der Waals surface area contributed by atoms with Crippen LogP contribution in [0.15, 0.2) is 11.2 Å². The second kappa shape index (κ2) is 5.36. The lowest BCUT2D eigenvalue weighted by atomic mass is 10.2. The maximum absolute atomic E-state index is 11.9. The molecule has 1 rings (SSSR count). The smallest absolute Gasteiger partial charge is 0.322 e. The largest absolute Gasteiger partial charge is 0.481 e. The van der Waals surface area contributed by atoms with E-state index in [-0.39, 0.29) is 5.03 Å². The Labute approximate surface area is 108 Å². The zero-order chi connectivity index (χ0) is 14.8. The van der Waals surface area contributed by atoms with Crippen molar-refractivity contribution in [3.05, 3.63) is 12.0 Å². The molecule has 0 fully saturated rings. The van der Waals surface area contributed by atoms with Crippen molar-refractivity contribution in [2.24, 2.45) is 7.05 Å². The Morgan fingerprint density at radius 3 is 2.42 bits per heavy atom. The number of carboxylic acid groups (broad SMARTS) is 2. The van der Waals surface area contributed by atoms with Crippen molar-refractivity contribution in [2.75, 3.05) is 0 Å². The average molecular weight is 291 g/mol. The molecule has 0 spiro atoms. The summed E-state index contributed by atoms with van der Waals surface area (Å²) in [7, 11) is -2.60. The average Bonchev–Trinajstić information content (AvgIpc) is 2.58. The first-order valence-electron chi connectivity index (χ1n) is 5.10. The third-order valence-electron chi connectivity index (χ3n) is 2.34. The number of hydrogen-bond donors (Lipinski definition) is 3. The number of aryl methyl sites for hydroxylation is 2. The maximum Gasteiger partial charge on any atom is 0.322 e. The summed E-state index contributed by atoms with van der Waals surface area (Å²) < 4.78 is 26.9. The van der Waals surface area contributed by atoms with E-state index < -0.39 is 34.4 Å². The first-order chi connectivity index (χ1) is 8.63. The van der Waals surface area contributed by atoms with E-state index in [1.807, 2.05) is 0 Å². The molecule has 10 heteroatoms. The Morgan fingerprint density at radius 1 is 1.47 bits per heavy atom. The fourth-order valence-corrected chi connectivity index (χ4v) is 2.49. The number of rotatable bonds is 6.